The van der Waals surface area contributed by atoms with Crippen LogP contribution in [-0.4, -0.2) is 34.4 Å². The number of carboxylic acid groups (broad SMARTS) is 1. The molecule has 2 aromatic carbocycles. The fourth-order valence-corrected chi connectivity index (χ4v) is 3.79. The van der Waals surface area contributed by atoms with E-state index in [1.165, 1.54) is 18.2 Å². The minimum Gasteiger partial charge on any atom is -0.478 e. The molecule has 2 aliphatic rings. The Balaban J connectivity index is 1.79. The van der Waals surface area contributed by atoms with E-state index in [1.807, 2.05) is 4.90 Å². The van der Waals surface area contributed by atoms with Crippen LogP contribution in [0.25, 0.3) is 5.70 Å². The van der Waals surface area contributed by atoms with E-state index in [0.29, 0.717) is 35.5 Å². The number of aliphatic imine (C=N–C) groups is 1. The predicted octanol–water partition coefficient (Wildman–Crippen LogP) is 5.12. The van der Waals surface area contributed by atoms with Gasteiger partial charge < -0.3 is 10.0 Å². The number of carboxylic acids is 1. The van der Waals surface area contributed by atoms with Crippen LogP contribution in [0.5, 0.6) is 0 Å². The second kappa shape index (κ2) is 8.02. The average molecular weight is 430 g/mol. The molecule has 2 aliphatic heterocycles. The van der Waals surface area contributed by atoms with Crippen molar-refractivity contribution in [2.45, 2.75) is 25.2 Å². The molecule has 0 saturated carbocycles. The standard InChI is InChI=1S/C23H18F4N2O2/c24-18-6-2-1-5-17(18)20-13-19(14-7-9-16(10-8-14)23(25,26)27)28-21-12-15(22(30)31)4-3-11-29(20)21/h1-2,4-10,13,21H,3,11-12H2,(H,30,31). The van der Waals surface area contributed by atoms with Gasteiger partial charge in [0.15, 0.2) is 0 Å². The molecule has 4 nitrogen and oxygen atoms in total. The van der Waals surface area contributed by atoms with Gasteiger partial charge in [0.05, 0.1) is 17.0 Å². The van der Waals surface area contributed by atoms with E-state index in [0.717, 1.165) is 12.1 Å². The Morgan fingerprint density at radius 2 is 1.81 bits per heavy atom. The number of alkyl halides is 3. The monoisotopic (exact) mass is 430 g/mol. The third kappa shape index (κ3) is 4.23. The first-order valence-corrected chi connectivity index (χ1v) is 9.65. The molecule has 0 radical (unpaired) electrons. The summed E-state index contributed by atoms with van der Waals surface area (Å²) in [6.07, 6.45) is -1.24. The summed E-state index contributed by atoms with van der Waals surface area (Å²) in [5, 5.41) is 9.45. The van der Waals surface area contributed by atoms with Crippen molar-refractivity contribution in [2.75, 3.05) is 6.54 Å². The number of hydrogen-bond donors (Lipinski definition) is 1. The number of nitrogens with zero attached hydrogens (tertiary/aromatic N) is 2. The Kier molecular flexibility index (Phi) is 5.39. The van der Waals surface area contributed by atoms with Gasteiger partial charge in [0.1, 0.15) is 12.0 Å². The summed E-state index contributed by atoms with van der Waals surface area (Å²) in [6, 6.07) is 10.8. The van der Waals surface area contributed by atoms with Crippen molar-refractivity contribution in [3.63, 3.8) is 0 Å². The molecule has 8 heteroatoms. The summed E-state index contributed by atoms with van der Waals surface area (Å²) >= 11 is 0. The minimum absolute atomic E-state index is 0.102. The van der Waals surface area contributed by atoms with Gasteiger partial charge in [-0.15, -0.1) is 0 Å². The third-order valence-electron chi connectivity index (χ3n) is 5.33. The van der Waals surface area contributed by atoms with Crippen molar-refractivity contribution in [2.24, 2.45) is 4.99 Å². The first-order chi connectivity index (χ1) is 14.7. The molecule has 0 saturated heterocycles. The van der Waals surface area contributed by atoms with Crippen LogP contribution >= 0.6 is 0 Å². The molecule has 0 aliphatic carbocycles. The van der Waals surface area contributed by atoms with Crippen molar-refractivity contribution in [3.05, 3.63) is 88.8 Å². The Morgan fingerprint density at radius 3 is 2.45 bits per heavy atom. The molecule has 1 N–H and O–H groups in total. The van der Waals surface area contributed by atoms with E-state index >= 15 is 0 Å². The topological polar surface area (TPSA) is 52.9 Å². The molecule has 0 fully saturated rings. The summed E-state index contributed by atoms with van der Waals surface area (Å²) in [4.78, 5) is 18.0. The van der Waals surface area contributed by atoms with E-state index in [2.05, 4.69) is 4.99 Å². The number of hydrogen-bond acceptors (Lipinski definition) is 3. The molecule has 2 aromatic rings. The van der Waals surface area contributed by atoms with Gasteiger partial charge in [-0.2, -0.15) is 13.2 Å². The average Bonchev–Trinajstić information content (AvgIpc) is 2.96. The maximum Gasteiger partial charge on any atom is 0.416 e. The fraction of sp³-hybridized carbons (Fsp3) is 0.217. The molecular formula is C23H18F4N2O2. The highest BCUT2D eigenvalue weighted by Gasteiger charge is 2.32. The SMILES string of the molecule is O=C(O)C1=CCCN2C(c3ccccc3F)=CC(c3ccc(C(F)(F)F)cc3)=NC2C1. The van der Waals surface area contributed by atoms with E-state index < -0.39 is 29.7 Å². The van der Waals surface area contributed by atoms with Crippen LogP contribution in [0.3, 0.4) is 0 Å². The van der Waals surface area contributed by atoms with Gasteiger partial charge in [-0.05, 0) is 42.3 Å². The zero-order valence-electron chi connectivity index (χ0n) is 16.2. The number of rotatable bonds is 3. The number of carbonyl (C=O) groups is 1. The largest absolute Gasteiger partial charge is 0.478 e. The maximum atomic E-state index is 14.6. The summed E-state index contributed by atoms with van der Waals surface area (Å²) in [7, 11) is 0. The second-order valence-corrected chi connectivity index (χ2v) is 7.30. The Labute approximate surface area is 175 Å². The van der Waals surface area contributed by atoms with Crippen LogP contribution < -0.4 is 0 Å². The lowest BCUT2D eigenvalue weighted by molar-refractivity contribution is -0.137. The van der Waals surface area contributed by atoms with Crippen molar-refractivity contribution in [1.29, 1.82) is 0 Å². The molecule has 0 aromatic heterocycles. The van der Waals surface area contributed by atoms with Gasteiger partial charge in [-0.1, -0.05) is 30.3 Å². The normalized spacial score (nSPS) is 19.0. The molecule has 0 spiro atoms. The lowest BCUT2D eigenvalue weighted by Crippen LogP contribution is -2.37. The number of benzene rings is 2. The molecule has 0 bridgehead atoms. The molecule has 2 heterocycles. The Hall–Kier alpha value is -3.42. The summed E-state index contributed by atoms with van der Waals surface area (Å²) in [6.45, 7) is 0.436. The van der Waals surface area contributed by atoms with Gasteiger partial charge in [0.2, 0.25) is 0 Å². The van der Waals surface area contributed by atoms with E-state index in [9.17, 15) is 27.5 Å². The van der Waals surface area contributed by atoms with Crippen molar-refractivity contribution >= 4 is 17.4 Å². The van der Waals surface area contributed by atoms with Crippen LogP contribution in [0.15, 0.2) is 71.2 Å². The fourth-order valence-electron chi connectivity index (χ4n) is 3.79. The van der Waals surface area contributed by atoms with Gasteiger partial charge in [0, 0.05) is 24.1 Å². The number of halogens is 4. The Morgan fingerprint density at radius 1 is 1.10 bits per heavy atom. The smallest absolute Gasteiger partial charge is 0.416 e. The van der Waals surface area contributed by atoms with E-state index in [4.69, 9.17) is 0 Å². The molecule has 160 valence electrons. The zero-order valence-corrected chi connectivity index (χ0v) is 16.2. The Bertz CT molecular complexity index is 1100. The molecule has 31 heavy (non-hydrogen) atoms. The van der Waals surface area contributed by atoms with Crippen LogP contribution in [0.4, 0.5) is 17.6 Å². The highest BCUT2D eigenvalue weighted by Crippen LogP contribution is 2.34. The maximum absolute atomic E-state index is 14.6. The third-order valence-corrected chi connectivity index (χ3v) is 5.33. The van der Waals surface area contributed by atoms with Crippen molar-refractivity contribution < 1.29 is 27.5 Å². The highest BCUT2D eigenvalue weighted by molar-refractivity contribution is 6.13. The summed E-state index contributed by atoms with van der Waals surface area (Å²) < 4.78 is 53.4. The summed E-state index contributed by atoms with van der Waals surface area (Å²) in [5.74, 6) is -1.49. The van der Waals surface area contributed by atoms with Crippen molar-refractivity contribution in [3.8, 4) is 0 Å². The van der Waals surface area contributed by atoms with E-state index in [1.54, 1.807) is 30.4 Å². The number of aliphatic carboxylic acids is 1. The minimum atomic E-state index is -4.46. The van der Waals surface area contributed by atoms with E-state index in [-0.39, 0.29) is 12.0 Å². The van der Waals surface area contributed by atoms with Crippen LogP contribution in [0, 0.1) is 5.82 Å². The van der Waals surface area contributed by atoms with Crippen LogP contribution in [0.2, 0.25) is 0 Å². The quantitative estimate of drug-likeness (QED) is 0.688. The van der Waals surface area contributed by atoms with Crippen molar-refractivity contribution in [1.82, 2.24) is 4.90 Å². The van der Waals surface area contributed by atoms with Crippen LogP contribution in [-0.2, 0) is 11.0 Å². The molecular weight excluding hydrogens is 412 g/mol. The molecule has 1 unspecified atom stereocenters. The highest BCUT2D eigenvalue weighted by atomic mass is 19.4. The van der Waals surface area contributed by atoms with Gasteiger partial charge in [0.25, 0.3) is 0 Å². The van der Waals surface area contributed by atoms with Crippen LogP contribution in [0.1, 0.15) is 29.5 Å². The first kappa shape index (κ1) is 20.8. The summed E-state index contributed by atoms with van der Waals surface area (Å²) in [5.41, 5.74) is 1.08. The number of fused-ring (bicyclic) bond motifs is 1. The lowest BCUT2D eigenvalue weighted by atomic mass is 10.00. The second-order valence-electron chi connectivity index (χ2n) is 7.30. The number of allylic oxidation sites excluding steroid dienone is 1. The molecule has 0 amide bonds. The molecule has 1 atom stereocenters. The van der Waals surface area contributed by atoms with Gasteiger partial charge in [-0.3, -0.25) is 4.99 Å². The van der Waals surface area contributed by atoms with Gasteiger partial charge >= 0.3 is 12.1 Å². The zero-order chi connectivity index (χ0) is 22.2. The predicted molar refractivity (Wildman–Crippen MR) is 108 cm³/mol. The lowest BCUT2D eigenvalue weighted by Gasteiger charge is -2.35. The molecule has 4 rings (SSSR count). The first-order valence-electron chi connectivity index (χ1n) is 9.65. The van der Waals surface area contributed by atoms with Gasteiger partial charge in [-0.25, -0.2) is 9.18 Å².